The summed E-state index contributed by atoms with van der Waals surface area (Å²) in [6, 6.07) is 1.49. The highest BCUT2D eigenvalue weighted by Crippen LogP contribution is 2.29. The van der Waals surface area contributed by atoms with Crippen LogP contribution in [0.3, 0.4) is 0 Å². The zero-order valence-corrected chi connectivity index (χ0v) is 14.6. The second kappa shape index (κ2) is 8.24. The van der Waals surface area contributed by atoms with Crippen molar-refractivity contribution in [3.05, 3.63) is 29.6 Å². The van der Waals surface area contributed by atoms with Gasteiger partial charge in [-0.15, -0.1) is 13.2 Å². The van der Waals surface area contributed by atoms with E-state index in [1.165, 1.54) is 0 Å². The van der Waals surface area contributed by atoms with Gasteiger partial charge in [-0.3, -0.25) is 4.79 Å². The van der Waals surface area contributed by atoms with Crippen LogP contribution < -0.4 is 10.1 Å². The lowest BCUT2D eigenvalue weighted by Crippen LogP contribution is -2.36. The fourth-order valence-corrected chi connectivity index (χ4v) is 1.89. The quantitative estimate of drug-likeness (QED) is 0.619. The Labute approximate surface area is 147 Å². The summed E-state index contributed by atoms with van der Waals surface area (Å²) in [6.07, 6.45) is -6.32. The van der Waals surface area contributed by atoms with Crippen LogP contribution in [0.4, 0.5) is 22.4 Å². The van der Waals surface area contributed by atoms with Crippen LogP contribution in [0.15, 0.2) is 18.2 Å². The van der Waals surface area contributed by atoms with E-state index in [1.807, 2.05) is 0 Å². The number of hydrogen-bond acceptors (Lipinski definition) is 5. The van der Waals surface area contributed by atoms with Gasteiger partial charge in [0.2, 0.25) is 0 Å². The van der Waals surface area contributed by atoms with Crippen molar-refractivity contribution in [3.63, 3.8) is 0 Å². The standard InChI is InChI=1S/C16H19F4NO5/c1-15(2,3)26-14(23)21-11(8-13(22)24-4)9-5-6-12(10(17)7-9)25-16(18,19)20/h5-7,11H,8H2,1-4H3,(H,21,23). The molecule has 0 aliphatic heterocycles. The molecule has 1 N–H and O–H groups in total. The molecule has 0 spiro atoms. The SMILES string of the molecule is COC(=O)CC(NC(=O)OC(C)(C)C)c1ccc(OC(F)(F)F)c(F)c1. The minimum atomic E-state index is -5.05. The molecule has 26 heavy (non-hydrogen) atoms. The van der Waals surface area contributed by atoms with Crippen molar-refractivity contribution in [2.45, 2.75) is 45.2 Å². The third-order valence-corrected chi connectivity index (χ3v) is 2.87. The molecule has 0 saturated carbocycles. The van der Waals surface area contributed by atoms with Gasteiger partial charge in [0.1, 0.15) is 5.60 Å². The second-order valence-electron chi connectivity index (χ2n) is 6.22. The number of ether oxygens (including phenoxy) is 3. The fraction of sp³-hybridized carbons (Fsp3) is 0.500. The lowest BCUT2D eigenvalue weighted by atomic mass is 10.0. The summed E-state index contributed by atoms with van der Waals surface area (Å²) in [4.78, 5) is 23.4. The average Bonchev–Trinajstić information content (AvgIpc) is 2.45. The maximum atomic E-state index is 13.9. The number of esters is 1. The molecule has 0 aliphatic carbocycles. The normalized spacial score (nSPS) is 12.9. The average molecular weight is 381 g/mol. The van der Waals surface area contributed by atoms with E-state index in [1.54, 1.807) is 20.8 Å². The van der Waals surface area contributed by atoms with Crippen LogP contribution in [-0.4, -0.2) is 31.1 Å². The Kier molecular flexibility index (Phi) is 6.82. The number of carbonyl (C=O) groups excluding carboxylic acids is 2. The van der Waals surface area contributed by atoms with Crippen LogP contribution in [0.2, 0.25) is 0 Å². The van der Waals surface area contributed by atoms with E-state index in [4.69, 9.17) is 4.74 Å². The Bertz CT molecular complexity index is 655. The molecule has 1 amide bonds. The number of amides is 1. The van der Waals surface area contributed by atoms with Crippen molar-refractivity contribution in [2.24, 2.45) is 0 Å². The predicted molar refractivity (Wildman–Crippen MR) is 81.8 cm³/mol. The number of nitrogens with one attached hydrogen (secondary N) is 1. The van der Waals surface area contributed by atoms with Crippen molar-refractivity contribution in [1.82, 2.24) is 5.32 Å². The molecule has 0 heterocycles. The topological polar surface area (TPSA) is 73.9 Å². The van der Waals surface area contributed by atoms with Crippen LogP contribution in [0.25, 0.3) is 0 Å². The van der Waals surface area contributed by atoms with Crippen molar-refractivity contribution >= 4 is 12.1 Å². The van der Waals surface area contributed by atoms with E-state index < -0.39 is 41.6 Å². The highest BCUT2D eigenvalue weighted by atomic mass is 19.4. The maximum Gasteiger partial charge on any atom is 0.573 e. The number of halogens is 4. The molecule has 1 rings (SSSR count). The minimum absolute atomic E-state index is 0.0354. The predicted octanol–water partition coefficient (Wildman–Crippen LogP) is 3.85. The molecule has 6 nitrogen and oxygen atoms in total. The molecular formula is C16H19F4NO5. The van der Waals surface area contributed by atoms with Crippen LogP contribution in [0.5, 0.6) is 5.75 Å². The lowest BCUT2D eigenvalue weighted by Gasteiger charge is -2.23. The first kappa shape index (κ1) is 21.5. The van der Waals surface area contributed by atoms with Crippen molar-refractivity contribution in [3.8, 4) is 5.75 Å². The van der Waals surface area contributed by atoms with Crippen LogP contribution >= 0.6 is 0 Å². The smallest absolute Gasteiger partial charge is 0.469 e. The Balaban J connectivity index is 3.04. The number of hydrogen-bond donors (Lipinski definition) is 1. The van der Waals surface area contributed by atoms with Gasteiger partial charge in [0.15, 0.2) is 11.6 Å². The van der Waals surface area contributed by atoms with Gasteiger partial charge >= 0.3 is 18.4 Å². The van der Waals surface area contributed by atoms with Gasteiger partial charge < -0.3 is 19.5 Å². The first-order chi connectivity index (χ1) is 11.8. The Morgan fingerprint density at radius 1 is 1.19 bits per heavy atom. The molecule has 146 valence electrons. The first-order valence-corrected chi connectivity index (χ1v) is 7.42. The number of alkyl carbamates (subject to hydrolysis) is 1. The number of alkyl halides is 3. The summed E-state index contributed by atoms with van der Waals surface area (Å²) in [5.74, 6) is -3.06. The van der Waals surface area contributed by atoms with E-state index in [2.05, 4.69) is 14.8 Å². The minimum Gasteiger partial charge on any atom is -0.469 e. The van der Waals surface area contributed by atoms with Gasteiger partial charge in [-0.2, -0.15) is 0 Å². The highest BCUT2D eigenvalue weighted by Gasteiger charge is 2.33. The molecule has 0 saturated heterocycles. The molecule has 0 bridgehead atoms. The van der Waals surface area contributed by atoms with Crippen LogP contribution in [-0.2, 0) is 14.3 Å². The zero-order valence-electron chi connectivity index (χ0n) is 14.6. The summed E-state index contributed by atoms with van der Waals surface area (Å²) in [7, 11) is 1.12. The summed E-state index contributed by atoms with van der Waals surface area (Å²) >= 11 is 0. The van der Waals surface area contributed by atoms with Gasteiger partial charge in [0.05, 0.1) is 19.6 Å². The second-order valence-corrected chi connectivity index (χ2v) is 6.22. The van der Waals surface area contributed by atoms with Crippen molar-refractivity contribution < 1.29 is 41.4 Å². The fourth-order valence-electron chi connectivity index (χ4n) is 1.89. The monoisotopic (exact) mass is 381 g/mol. The summed E-state index contributed by atoms with van der Waals surface area (Å²) in [6.45, 7) is 4.85. The molecule has 0 radical (unpaired) electrons. The third-order valence-electron chi connectivity index (χ3n) is 2.87. The van der Waals surface area contributed by atoms with Crippen LogP contribution in [0, 0.1) is 5.82 Å². The maximum absolute atomic E-state index is 13.9. The van der Waals surface area contributed by atoms with Crippen molar-refractivity contribution in [1.29, 1.82) is 0 Å². The van der Waals surface area contributed by atoms with Gasteiger partial charge in [0.25, 0.3) is 0 Å². The Hall–Kier alpha value is -2.52. The first-order valence-electron chi connectivity index (χ1n) is 7.42. The summed E-state index contributed by atoms with van der Waals surface area (Å²) in [5, 5.41) is 2.36. The van der Waals surface area contributed by atoms with E-state index in [0.29, 0.717) is 0 Å². The molecular weight excluding hydrogens is 362 g/mol. The molecule has 1 unspecified atom stereocenters. The van der Waals surface area contributed by atoms with E-state index in [0.717, 1.165) is 25.3 Å². The lowest BCUT2D eigenvalue weighted by molar-refractivity contribution is -0.275. The van der Waals surface area contributed by atoms with E-state index >= 15 is 0 Å². The number of rotatable bonds is 5. The van der Waals surface area contributed by atoms with Gasteiger partial charge in [-0.1, -0.05) is 6.07 Å². The van der Waals surface area contributed by atoms with Crippen molar-refractivity contribution in [2.75, 3.05) is 7.11 Å². The Morgan fingerprint density at radius 3 is 2.27 bits per heavy atom. The number of methoxy groups -OCH3 is 1. The zero-order chi connectivity index (χ0) is 20.1. The third kappa shape index (κ3) is 7.58. The molecule has 1 atom stereocenters. The summed E-state index contributed by atoms with van der Waals surface area (Å²) < 4.78 is 63.6. The van der Waals surface area contributed by atoms with Gasteiger partial charge in [-0.05, 0) is 38.5 Å². The molecule has 1 aromatic rings. The molecule has 0 fully saturated rings. The van der Waals surface area contributed by atoms with Crippen LogP contribution in [0.1, 0.15) is 38.8 Å². The Morgan fingerprint density at radius 2 is 1.81 bits per heavy atom. The van der Waals surface area contributed by atoms with E-state index in [9.17, 15) is 27.2 Å². The summed E-state index contributed by atoms with van der Waals surface area (Å²) in [5.41, 5.74) is -0.788. The molecule has 10 heteroatoms. The number of benzene rings is 1. The van der Waals surface area contributed by atoms with E-state index in [-0.39, 0.29) is 12.0 Å². The van der Waals surface area contributed by atoms with Gasteiger partial charge in [0, 0.05) is 0 Å². The molecule has 1 aromatic carbocycles. The molecule has 0 aliphatic rings. The largest absolute Gasteiger partial charge is 0.573 e. The number of carbonyl (C=O) groups is 2. The molecule has 0 aromatic heterocycles. The van der Waals surface area contributed by atoms with Gasteiger partial charge in [-0.25, -0.2) is 9.18 Å². The highest BCUT2D eigenvalue weighted by molar-refractivity contribution is 5.73.